The Labute approximate surface area is 263 Å². The van der Waals surface area contributed by atoms with Crippen LogP contribution in [-0.2, 0) is 30.0 Å². The molecule has 1 aliphatic rings. The highest BCUT2D eigenvalue weighted by Crippen LogP contribution is 2.44. The van der Waals surface area contributed by atoms with Crippen LogP contribution >= 0.6 is 0 Å². The van der Waals surface area contributed by atoms with Crippen LogP contribution in [0.3, 0.4) is 0 Å². The van der Waals surface area contributed by atoms with Gasteiger partial charge in [-0.05, 0) is 24.3 Å². The number of hydrogen-bond acceptors (Lipinski definition) is 10. The van der Waals surface area contributed by atoms with Crippen LogP contribution in [0.15, 0.2) is 59.5 Å². The first-order chi connectivity index (χ1) is 21.5. The molecule has 16 heteroatoms. The summed E-state index contributed by atoms with van der Waals surface area (Å²) in [6.07, 6.45) is -12.0. The van der Waals surface area contributed by atoms with Crippen molar-refractivity contribution in [1.29, 1.82) is 0 Å². The summed E-state index contributed by atoms with van der Waals surface area (Å²) in [4.78, 5) is 26.2. The molecule has 7 N–H and O–H groups in total. The third-order valence-corrected chi connectivity index (χ3v) is 9.28. The molecule has 1 fully saturated rings. The van der Waals surface area contributed by atoms with Crippen molar-refractivity contribution in [2.45, 2.75) is 60.7 Å². The van der Waals surface area contributed by atoms with Crippen molar-refractivity contribution >= 4 is 44.0 Å². The maximum absolute atomic E-state index is 14.6. The van der Waals surface area contributed by atoms with Crippen LogP contribution in [0.2, 0.25) is 0 Å². The number of sulfonamides is 1. The number of carbonyl (C=O) groups excluding carboxylic acids is 1. The van der Waals surface area contributed by atoms with Gasteiger partial charge in [0.25, 0.3) is 16.4 Å². The van der Waals surface area contributed by atoms with Crippen molar-refractivity contribution < 1.29 is 57.1 Å². The zero-order valence-corrected chi connectivity index (χ0v) is 25.8. The second kappa shape index (κ2) is 13.4. The summed E-state index contributed by atoms with van der Waals surface area (Å²) >= 11 is 0. The van der Waals surface area contributed by atoms with Gasteiger partial charge in [-0.25, -0.2) is 22.0 Å². The summed E-state index contributed by atoms with van der Waals surface area (Å²) in [7, 11) is -0.800. The molecule has 4 rings (SSSR count). The fraction of sp³-hybridized carbons (Fsp3) is 0.400. The lowest BCUT2D eigenvalue weighted by Crippen LogP contribution is -2.66. The predicted molar refractivity (Wildman–Crippen MR) is 162 cm³/mol. The molecule has 3 aromatic carbocycles. The SMILES string of the molecule is CC(=O)N[C@H]1[C@H]([C@H](O)[C@H](O)CO)O[C@](C(=O)O)(c2ccc(NS(=O)(=O)c3cccc4c(N(C)C)cccc34)cc2C(F)F)C[C@@H]1O. The third kappa shape index (κ3) is 6.63. The zero-order valence-electron chi connectivity index (χ0n) is 25.0. The van der Waals surface area contributed by atoms with Gasteiger partial charge >= 0.3 is 5.97 Å². The van der Waals surface area contributed by atoms with Gasteiger partial charge in [0.05, 0.1) is 23.6 Å². The maximum Gasteiger partial charge on any atom is 0.340 e. The van der Waals surface area contributed by atoms with Crippen molar-refractivity contribution in [3.8, 4) is 0 Å². The number of aliphatic hydroxyl groups is 4. The van der Waals surface area contributed by atoms with E-state index < -0.39 is 88.5 Å². The number of carbonyl (C=O) groups is 2. The van der Waals surface area contributed by atoms with Gasteiger partial charge in [-0.15, -0.1) is 0 Å². The minimum atomic E-state index is -4.38. The number of amides is 1. The van der Waals surface area contributed by atoms with E-state index >= 15 is 0 Å². The Hall–Kier alpha value is -3.93. The van der Waals surface area contributed by atoms with E-state index in [1.807, 2.05) is 0 Å². The molecule has 250 valence electrons. The molecule has 1 heterocycles. The standard InChI is InChI=1S/C30H35F2N3O10S/c1-15(37)33-25-22(38)13-30(29(41)42,45-27(25)26(40)23(39)14-36)20-11-10-16(12-19(20)28(31)32)34-46(43,44)24-9-5-6-17-18(24)7-4-8-21(17)35(2)3/h4-12,22-23,25-28,34,36,38-40H,13-14H2,1-3H3,(H,33,37)(H,41,42)/t22-,23+,25+,26+,27+,30-/m0/s1. The number of rotatable bonds is 11. The summed E-state index contributed by atoms with van der Waals surface area (Å²) in [5, 5.41) is 54.6. The van der Waals surface area contributed by atoms with Crippen LogP contribution in [-0.4, -0.2) is 97.0 Å². The molecule has 0 unspecified atom stereocenters. The number of aliphatic hydroxyl groups excluding tert-OH is 4. The second-order valence-corrected chi connectivity index (χ2v) is 12.8. The van der Waals surface area contributed by atoms with Crippen LogP contribution in [0.1, 0.15) is 30.9 Å². The Morgan fingerprint density at radius 1 is 1.09 bits per heavy atom. The molecule has 46 heavy (non-hydrogen) atoms. The van der Waals surface area contributed by atoms with Gasteiger partial charge in [0, 0.05) is 60.7 Å². The van der Waals surface area contributed by atoms with Crippen LogP contribution < -0.4 is 14.9 Å². The summed E-state index contributed by atoms with van der Waals surface area (Å²) in [6.45, 7) is 0.0417. The van der Waals surface area contributed by atoms with Crippen LogP contribution in [0.4, 0.5) is 20.2 Å². The minimum absolute atomic E-state index is 0.139. The fourth-order valence-corrected chi connectivity index (χ4v) is 6.99. The number of aliphatic carboxylic acids is 1. The highest BCUT2D eigenvalue weighted by Gasteiger charge is 2.56. The number of fused-ring (bicyclic) bond motifs is 1. The largest absolute Gasteiger partial charge is 0.479 e. The lowest BCUT2D eigenvalue weighted by Gasteiger charge is -2.47. The van der Waals surface area contributed by atoms with Gasteiger partial charge in [-0.1, -0.05) is 30.3 Å². The smallest absolute Gasteiger partial charge is 0.340 e. The number of halogens is 2. The number of anilines is 2. The topological polar surface area (TPSA) is 206 Å². The summed E-state index contributed by atoms with van der Waals surface area (Å²) in [5.41, 5.74) is -3.99. The highest BCUT2D eigenvalue weighted by atomic mass is 32.2. The Morgan fingerprint density at radius 2 is 1.74 bits per heavy atom. The Kier molecular flexibility index (Phi) is 10.2. The van der Waals surface area contributed by atoms with Crippen molar-refractivity contribution in [3.63, 3.8) is 0 Å². The molecule has 13 nitrogen and oxygen atoms in total. The third-order valence-electron chi connectivity index (χ3n) is 7.84. The second-order valence-electron chi connectivity index (χ2n) is 11.2. The average Bonchev–Trinajstić information content (AvgIpc) is 2.99. The summed E-state index contributed by atoms with van der Waals surface area (Å²) < 4.78 is 64.2. The summed E-state index contributed by atoms with van der Waals surface area (Å²) in [5.74, 6) is -2.58. The van der Waals surface area contributed by atoms with Gasteiger partial charge in [0.2, 0.25) is 5.91 Å². The number of nitrogens with one attached hydrogen (secondary N) is 2. The first-order valence-electron chi connectivity index (χ1n) is 14.0. The van der Waals surface area contributed by atoms with Gasteiger partial charge in [-0.2, -0.15) is 0 Å². The monoisotopic (exact) mass is 667 g/mol. The number of carboxylic acid groups (broad SMARTS) is 1. The number of nitrogens with zero attached hydrogens (tertiary/aromatic N) is 1. The molecule has 6 atom stereocenters. The summed E-state index contributed by atoms with van der Waals surface area (Å²) in [6, 6.07) is 10.9. The molecule has 1 aliphatic heterocycles. The Morgan fingerprint density at radius 3 is 2.33 bits per heavy atom. The van der Waals surface area contributed by atoms with E-state index in [0.717, 1.165) is 30.8 Å². The maximum atomic E-state index is 14.6. The van der Waals surface area contributed by atoms with Crippen molar-refractivity contribution in [3.05, 3.63) is 65.7 Å². The first kappa shape index (κ1) is 34.9. The number of ether oxygens (including phenoxy) is 1. The fourth-order valence-electron chi connectivity index (χ4n) is 5.72. The van der Waals surface area contributed by atoms with Crippen molar-refractivity contribution in [2.24, 2.45) is 0 Å². The van der Waals surface area contributed by atoms with E-state index in [2.05, 4.69) is 10.0 Å². The number of benzene rings is 3. The molecule has 0 bridgehead atoms. The lowest BCUT2D eigenvalue weighted by atomic mass is 9.78. The normalized spacial score (nSPS) is 23.1. The van der Waals surface area contributed by atoms with E-state index in [9.17, 15) is 52.3 Å². The Bertz CT molecular complexity index is 1720. The molecular weight excluding hydrogens is 632 g/mol. The van der Waals surface area contributed by atoms with Gasteiger partial charge in [0.1, 0.15) is 18.3 Å². The molecule has 1 amide bonds. The molecule has 0 aromatic heterocycles. The van der Waals surface area contributed by atoms with Gasteiger partial charge in [0.15, 0.2) is 5.60 Å². The Balaban J connectivity index is 1.80. The number of hydrogen-bond donors (Lipinski definition) is 7. The molecule has 0 radical (unpaired) electrons. The first-order valence-corrected chi connectivity index (χ1v) is 15.5. The zero-order chi connectivity index (χ0) is 34.1. The quantitative estimate of drug-likeness (QED) is 0.155. The van der Waals surface area contributed by atoms with Gasteiger partial charge in [-0.3, -0.25) is 9.52 Å². The van der Waals surface area contributed by atoms with Crippen molar-refractivity contribution in [2.75, 3.05) is 30.3 Å². The molecule has 1 saturated heterocycles. The average molecular weight is 668 g/mol. The molecule has 0 aliphatic carbocycles. The molecule has 0 saturated carbocycles. The number of alkyl halides is 2. The van der Waals surface area contributed by atoms with E-state index in [1.165, 1.54) is 12.1 Å². The number of carboxylic acids is 1. The van der Waals surface area contributed by atoms with Gasteiger partial charge < -0.3 is 40.5 Å². The molecular formula is C30H35F2N3O10S. The highest BCUT2D eigenvalue weighted by molar-refractivity contribution is 7.93. The van der Waals surface area contributed by atoms with E-state index in [1.54, 1.807) is 43.3 Å². The van der Waals surface area contributed by atoms with E-state index in [0.29, 0.717) is 10.8 Å². The predicted octanol–water partition coefficient (Wildman–Crippen LogP) is 1.29. The van der Waals surface area contributed by atoms with E-state index in [-0.39, 0.29) is 10.6 Å². The molecule has 3 aromatic rings. The van der Waals surface area contributed by atoms with Crippen molar-refractivity contribution in [1.82, 2.24) is 5.32 Å². The van der Waals surface area contributed by atoms with E-state index in [4.69, 9.17) is 4.74 Å². The van der Waals surface area contributed by atoms with Crippen LogP contribution in [0, 0.1) is 0 Å². The lowest BCUT2D eigenvalue weighted by molar-refractivity contribution is -0.233. The van der Waals surface area contributed by atoms with Crippen LogP contribution in [0.5, 0.6) is 0 Å². The van der Waals surface area contributed by atoms with Crippen LogP contribution in [0.25, 0.3) is 10.8 Å². The minimum Gasteiger partial charge on any atom is -0.479 e. The molecule has 0 spiro atoms.